The topological polar surface area (TPSA) is 348 Å². The van der Waals surface area contributed by atoms with Crippen LogP contribution < -0.4 is 0 Å². The van der Waals surface area contributed by atoms with Gasteiger partial charge in [-0.05, 0) is 120 Å². The van der Waals surface area contributed by atoms with Crippen molar-refractivity contribution in [3.63, 3.8) is 0 Å². The van der Waals surface area contributed by atoms with Gasteiger partial charge in [-0.3, -0.25) is 65.5 Å². The monoisotopic (exact) mass is 1400 g/mol. The fraction of sp³-hybridized carbons (Fsp3) is 0.423. The Labute approximate surface area is 600 Å². The van der Waals surface area contributed by atoms with Gasteiger partial charge in [0.1, 0.15) is 6.20 Å². The summed E-state index contributed by atoms with van der Waals surface area (Å²) in [4.78, 5) is 87.3. The summed E-state index contributed by atoms with van der Waals surface area (Å²) in [6, 6.07) is 39.2. The molecule has 1 N–H and O–H groups in total. The van der Waals surface area contributed by atoms with Gasteiger partial charge in [-0.1, -0.05) is 215 Å². The molecule has 0 fully saturated rings. The summed E-state index contributed by atoms with van der Waals surface area (Å²) in [5, 5.41) is 72.2. The van der Waals surface area contributed by atoms with Gasteiger partial charge in [0.2, 0.25) is 0 Å². The molecule has 0 saturated heterocycles. The molecule has 0 radical (unpaired) electrons. The highest BCUT2D eigenvalue weighted by molar-refractivity contribution is 5.89. The predicted molar refractivity (Wildman–Crippen MR) is 404 cm³/mol. The number of aromatic nitrogens is 4. The third-order valence-corrected chi connectivity index (χ3v) is 14.9. The number of hydrogen-bond acceptors (Lipinski definition) is 17. The number of hydrogen-bond donors (Lipinski definition) is 1. The minimum Gasteiger partial charge on any atom is -0.478 e. The molecule has 102 heavy (non-hydrogen) atoms. The first-order valence-corrected chi connectivity index (χ1v) is 32.7. The highest BCUT2D eigenvalue weighted by Gasteiger charge is 2.28. The maximum absolute atomic E-state index is 10.9. The molecule has 0 unspecified atom stereocenters. The van der Waals surface area contributed by atoms with Crippen molar-refractivity contribution in [1.82, 2.24) is 19.9 Å². The lowest BCUT2D eigenvalue weighted by atomic mass is 9.85. The van der Waals surface area contributed by atoms with Crippen LogP contribution in [0, 0.1) is 67.6 Å². The summed E-state index contributed by atoms with van der Waals surface area (Å²) in [5.74, 6) is -0.943. The van der Waals surface area contributed by atoms with E-state index in [0.717, 1.165) is 45.3 Å². The Balaban J connectivity index is 0.000000585. The molecular formula is C78H104N10O14. The summed E-state index contributed by atoms with van der Waals surface area (Å²) in [6.45, 7) is 50.6. The molecule has 0 aliphatic heterocycles. The van der Waals surface area contributed by atoms with Crippen molar-refractivity contribution < 1.29 is 39.4 Å². The van der Waals surface area contributed by atoms with Crippen LogP contribution in [-0.4, -0.2) is 60.6 Å². The van der Waals surface area contributed by atoms with Crippen molar-refractivity contribution >= 4 is 40.2 Å². The first kappa shape index (κ1) is 89.4. The molecule has 8 aromatic rings. The van der Waals surface area contributed by atoms with Gasteiger partial charge in [0.05, 0.1) is 41.9 Å². The Hall–Kier alpha value is -10.7. The lowest BCUT2D eigenvalue weighted by Gasteiger charge is -2.19. The predicted octanol–water partition coefficient (Wildman–Crippen LogP) is 20.9. The van der Waals surface area contributed by atoms with E-state index in [-0.39, 0.29) is 82.0 Å². The number of rotatable bonds is 7. The van der Waals surface area contributed by atoms with Crippen molar-refractivity contribution in [2.24, 2.45) is 0 Å². The van der Waals surface area contributed by atoms with Crippen molar-refractivity contribution in [1.29, 1.82) is 0 Å². The first-order chi connectivity index (χ1) is 46.4. The number of pyridine rings is 4. The number of nitro groups is 6. The number of para-hydroxylation sites is 1. The molecule has 8 rings (SSSR count). The van der Waals surface area contributed by atoms with Crippen molar-refractivity contribution in [3.05, 3.63) is 287 Å². The van der Waals surface area contributed by atoms with Crippen LogP contribution in [0.3, 0.4) is 0 Å². The molecule has 0 aliphatic rings. The average Bonchev–Trinajstić information content (AvgIpc) is 0.828. The van der Waals surface area contributed by atoms with Crippen molar-refractivity contribution in [3.8, 4) is 0 Å². The van der Waals surface area contributed by atoms with E-state index in [9.17, 15) is 65.5 Å². The number of aromatic carboxylic acids is 1. The Bertz CT molecular complexity index is 3960. The number of benzene rings is 4. The smallest absolute Gasteiger partial charge is 0.363 e. The molecule has 0 amide bonds. The number of nitrogens with zero attached hydrogens (tertiary/aromatic N) is 10. The third-order valence-electron chi connectivity index (χ3n) is 14.9. The number of carboxylic acid groups (broad SMARTS) is 1. The highest BCUT2D eigenvalue weighted by Crippen LogP contribution is 2.35. The standard InChI is InChI=1S/C12H16O2.C10H12N2O4.2C10H13NO2.2C9H12N2O2.2C9H13N/c1-8-5-6-9(12(2,3)4)7-10(8)11(13)14;1-10(2,3)8-5-4-7(11(13)14)6-9(8)12(15)16;1-10(2,3)8-4-6-9(7-5-8)11(12)13;1-10(2,3)8-6-4-5-7-9(8)11(12)13;1-9(2,3)8-6-7(11(12)13)4-5-10-8;1-9(2,3)7-4-5-10-8(6-7)11(12)13;1-9(2,3)8-4-6-10-7-5-8;1-9(2,3)8-6-4-5-7-10-8/h5-7H,1-4H3,(H,13,14);4-6H,1-3H3;2*4-7H,1-3H3;2*4-6H,1-3H3;2*4-7H,1-3H3. The lowest BCUT2D eigenvalue weighted by Crippen LogP contribution is -2.13. The van der Waals surface area contributed by atoms with E-state index in [1.165, 1.54) is 48.3 Å². The van der Waals surface area contributed by atoms with Crippen molar-refractivity contribution in [2.75, 3.05) is 0 Å². The largest absolute Gasteiger partial charge is 0.478 e. The summed E-state index contributed by atoms with van der Waals surface area (Å²) in [6.07, 6.45) is 8.44. The van der Waals surface area contributed by atoms with Gasteiger partial charge < -0.3 is 15.2 Å². The van der Waals surface area contributed by atoms with E-state index in [1.54, 1.807) is 54.6 Å². The second-order valence-electron chi connectivity index (χ2n) is 31.9. The molecule has 4 aromatic carbocycles. The molecule has 0 atom stereocenters. The maximum atomic E-state index is 10.9. The molecule has 4 heterocycles. The fourth-order valence-electron chi connectivity index (χ4n) is 8.67. The van der Waals surface area contributed by atoms with Gasteiger partial charge in [0.15, 0.2) is 0 Å². The van der Waals surface area contributed by atoms with E-state index in [2.05, 4.69) is 121 Å². The third kappa shape index (κ3) is 31.7. The van der Waals surface area contributed by atoms with Crippen LogP contribution in [-0.2, 0) is 43.3 Å². The van der Waals surface area contributed by atoms with E-state index in [0.29, 0.717) is 11.1 Å². The molecular weight excluding hydrogens is 1300 g/mol. The molecule has 0 aliphatic carbocycles. The van der Waals surface area contributed by atoms with Crippen LogP contribution in [0.2, 0.25) is 0 Å². The number of non-ortho nitro benzene ring substituents is 2. The molecule has 0 spiro atoms. The molecule has 550 valence electrons. The molecule has 4 aromatic heterocycles. The second-order valence-corrected chi connectivity index (χ2v) is 31.9. The van der Waals surface area contributed by atoms with E-state index < -0.39 is 31.1 Å². The molecule has 0 saturated carbocycles. The Morgan fingerprint density at radius 3 is 1.10 bits per heavy atom. The Morgan fingerprint density at radius 2 is 0.716 bits per heavy atom. The minimum absolute atomic E-state index is 0.00208. The van der Waals surface area contributed by atoms with Gasteiger partial charge in [0, 0.05) is 94.9 Å². The van der Waals surface area contributed by atoms with Crippen LogP contribution in [0.4, 0.5) is 34.3 Å². The van der Waals surface area contributed by atoms with Gasteiger partial charge in [-0.2, -0.15) is 0 Å². The minimum atomic E-state index is -0.853. The quantitative estimate of drug-likeness (QED) is 0.114. The number of aryl methyl sites for hydroxylation is 1. The van der Waals surface area contributed by atoms with Crippen LogP contribution in [0.1, 0.15) is 227 Å². The zero-order valence-corrected chi connectivity index (χ0v) is 63.9. The zero-order chi connectivity index (χ0) is 78.9. The van der Waals surface area contributed by atoms with Crippen LogP contribution in [0.25, 0.3) is 0 Å². The lowest BCUT2D eigenvalue weighted by molar-refractivity contribution is -0.394. The summed E-state index contributed by atoms with van der Waals surface area (Å²) >= 11 is 0. The molecule has 24 heteroatoms. The van der Waals surface area contributed by atoms with E-state index >= 15 is 0 Å². The van der Waals surface area contributed by atoms with Gasteiger partial charge in [-0.25, -0.2) is 4.79 Å². The molecule has 24 nitrogen and oxygen atoms in total. The maximum Gasteiger partial charge on any atom is 0.363 e. The van der Waals surface area contributed by atoms with Gasteiger partial charge in [0.25, 0.3) is 28.4 Å². The van der Waals surface area contributed by atoms with E-state index in [1.807, 2.05) is 139 Å². The highest BCUT2D eigenvalue weighted by atomic mass is 16.6. The Morgan fingerprint density at radius 1 is 0.324 bits per heavy atom. The summed E-state index contributed by atoms with van der Waals surface area (Å²) in [5.41, 5.74) is 8.43. The first-order valence-electron chi connectivity index (χ1n) is 32.7. The van der Waals surface area contributed by atoms with E-state index in [4.69, 9.17) is 5.11 Å². The zero-order valence-electron chi connectivity index (χ0n) is 63.9. The van der Waals surface area contributed by atoms with Gasteiger partial charge in [-0.15, -0.1) is 0 Å². The SMILES string of the molecule is CC(C)(C)c1cc([N+](=O)[O-])ccn1.CC(C)(C)c1ccc([N+](=O)[O-])cc1.CC(C)(C)c1ccc([N+](=O)[O-])cc1[N+](=O)[O-].CC(C)(C)c1ccccc1[N+](=O)[O-].CC(C)(C)c1ccccn1.CC(C)(C)c1ccnc([N+](=O)[O-])c1.CC(C)(C)c1ccncc1.Cc1ccc(C(C)(C)C)cc1C(=O)O. The summed E-state index contributed by atoms with van der Waals surface area (Å²) < 4.78 is 0. The number of carboxylic acids is 1. The van der Waals surface area contributed by atoms with Crippen LogP contribution in [0.5, 0.6) is 0 Å². The number of carbonyl (C=O) groups is 1. The number of nitro benzene ring substituents is 4. The van der Waals surface area contributed by atoms with Gasteiger partial charge >= 0.3 is 11.8 Å². The summed E-state index contributed by atoms with van der Waals surface area (Å²) in [7, 11) is 0. The normalized spacial score (nSPS) is 11.3. The van der Waals surface area contributed by atoms with Crippen molar-refractivity contribution in [2.45, 2.75) is 216 Å². The Kier molecular flexibility index (Phi) is 33.0. The molecule has 0 bridgehead atoms. The average molecular weight is 1410 g/mol. The fourth-order valence-corrected chi connectivity index (χ4v) is 8.67. The van der Waals surface area contributed by atoms with Crippen LogP contribution >= 0.6 is 0 Å². The second kappa shape index (κ2) is 37.7. The van der Waals surface area contributed by atoms with Crippen LogP contribution in [0.15, 0.2) is 171 Å².